The third-order valence-corrected chi connectivity index (χ3v) is 6.66. The highest BCUT2D eigenvalue weighted by Gasteiger charge is 2.38. The second kappa shape index (κ2) is 13.3. The van der Waals surface area contributed by atoms with E-state index in [4.69, 9.17) is 0 Å². The highest BCUT2D eigenvalue weighted by Crippen LogP contribution is 2.43. The standard InChI is InChI=1S/C26H29F6NO2.2H2S/c1-16(2)3-12-22(17-4-8-20(9-5-17)25(27,28)29)33-14-13-19(24(34)35)15-23(33)18-6-10-21(11-7-18)26(30,31)32;;/h4-11,16,19,22-23H,3,12-15H2,1-2H3,(H,34,35);2*1H2/t19-,22+,23+;;/m1../s1. The van der Waals surface area contributed by atoms with Crippen LogP contribution in [0.4, 0.5) is 26.3 Å². The number of likely N-dealkylation sites (tertiary alicyclic amines) is 1. The molecular weight excluding hydrogens is 536 g/mol. The number of hydrogen-bond acceptors (Lipinski definition) is 2. The maximum Gasteiger partial charge on any atom is 0.416 e. The number of hydrogen-bond donors (Lipinski definition) is 1. The maximum atomic E-state index is 13.1. The highest BCUT2D eigenvalue weighted by molar-refractivity contribution is 7.59. The molecule has 1 N–H and O–H groups in total. The predicted octanol–water partition coefficient (Wildman–Crippen LogP) is 7.97. The molecule has 0 unspecified atom stereocenters. The van der Waals surface area contributed by atoms with Gasteiger partial charge in [0, 0.05) is 18.6 Å². The molecule has 37 heavy (non-hydrogen) atoms. The van der Waals surface area contributed by atoms with Gasteiger partial charge in [0.1, 0.15) is 0 Å². The molecule has 2 aromatic carbocycles. The summed E-state index contributed by atoms with van der Waals surface area (Å²) in [5.74, 6) is -1.29. The van der Waals surface area contributed by atoms with Gasteiger partial charge in [0.25, 0.3) is 0 Å². The van der Waals surface area contributed by atoms with Crippen LogP contribution in [0.2, 0.25) is 0 Å². The zero-order chi connectivity index (χ0) is 26.0. The fourth-order valence-corrected chi connectivity index (χ4v) is 4.71. The third-order valence-electron chi connectivity index (χ3n) is 6.66. The van der Waals surface area contributed by atoms with Crippen molar-refractivity contribution in [1.82, 2.24) is 4.90 Å². The first-order valence-electron chi connectivity index (χ1n) is 11.6. The lowest BCUT2D eigenvalue weighted by Gasteiger charge is -2.44. The lowest BCUT2D eigenvalue weighted by atomic mass is 9.83. The van der Waals surface area contributed by atoms with Crippen LogP contribution in [-0.4, -0.2) is 22.5 Å². The normalized spacial score (nSPS) is 19.6. The van der Waals surface area contributed by atoms with Gasteiger partial charge in [-0.05, 0) is 67.0 Å². The highest BCUT2D eigenvalue weighted by atomic mass is 32.1. The van der Waals surface area contributed by atoms with E-state index >= 15 is 0 Å². The number of halogens is 6. The van der Waals surface area contributed by atoms with E-state index < -0.39 is 41.4 Å². The predicted molar refractivity (Wildman–Crippen MR) is 140 cm³/mol. The molecule has 1 fully saturated rings. The summed E-state index contributed by atoms with van der Waals surface area (Å²) in [6.45, 7) is 4.44. The maximum absolute atomic E-state index is 13.1. The molecule has 0 amide bonds. The molecular formula is C26H33F6NO2S2. The van der Waals surface area contributed by atoms with Crippen LogP contribution in [0.25, 0.3) is 0 Å². The topological polar surface area (TPSA) is 40.5 Å². The van der Waals surface area contributed by atoms with Crippen molar-refractivity contribution in [3.8, 4) is 0 Å². The molecule has 0 bridgehead atoms. The summed E-state index contributed by atoms with van der Waals surface area (Å²) < 4.78 is 78.5. The second-order valence-corrected chi connectivity index (χ2v) is 9.54. The number of carboxylic acids is 1. The number of rotatable bonds is 7. The van der Waals surface area contributed by atoms with E-state index in [1.807, 2.05) is 18.7 Å². The Kier molecular flexibility index (Phi) is 11.9. The average molecular weight is 570 g/mol. The smallest absolute Gasteiger partial charge is 0.416 e. The number of alkyl halides is 6. The zero-order valence-corrected chi connectivity index (χ0v) is 22.5. The molecule has 0 radical (unpaired) electrons. The Labute approximate surface area is 227 Å². The van der Waals surface area contributed by atoms with E-state index in [0.29, 0.717) is 36.4 Å². The van der Waals surface area contributed by atoms with Gasteiger partial charge in [-0.2, -0.15) is 53.3 Å². The quantitative estimate of drug-likeness (QED) is 0.344. The van der Waals surface area contributed by atoms with Crippen LogP contribution in [0.3, 0.4) is 0 Å². The van der Waals surface area contributed by atoms with Gasteiger partial charge < -0.3 is 5.11 Å². The largest absolute Gasteiger partial charge is 0.481 e. The molecule has 11 heteroatoms. The molecule has 3 atom stereocenters. The van der Waals surface area contributed by atoms with Gasteiger partial charge in [0.05, 0.1) is 17.0 Å². The van der Waals surface area contributed by atoms with Gasteiger partial charge in [-0.25, -0.2) is 0 Å². The van der Waals surface area contributed by atoms with Crippen molar-refractivity contribution in [2.45, 2.75) is 64.0 Å². The minimum atomic E-state index is -4.49. The Morgan fingerprint density at radius 2 is 1.38 bits per heavy atom. The van der Waals surface area contributed by atoms with Crippen LogP contribution in [0.5, 0.6) is 0 Å². The summed E-state index contributed by atoms with van der Waals surface area (Å²) in [5, 5.41) is 9.60. The zero-order valence-electron chi connectivity index (χ0n) is 20.5. The number of carbonyl (C=O) groups is 1. The Hall–Kier alpha value is -1.85. The lowest BCUT2D eigenvalue weighted by molar-refractivity contribution is -0.144. The van der Waals surface area contributed by atoms with Gasteiger partial charge in [-0.1, -0.05) is 38.1 Å². The van der Waals surface area contributed by atoms with E-state index in [2.05, 4.69) is 0 Å². The molecule has 208 valence electrons. The first-order valence-corrected chi connectivity index (χ1v) is 11.6. The number of nitrogens with zero attached hydrogens (tertiary/aromatic N) is 1. The van der Waals surface area contributed by atoms with E-state index in [1.54, 1.807) is 0 Å². The summed E-state index contributed by atoms with van der Waals surface area (Å²) in [5.41, 5.74) is -0.319. The molecule has 1 aliphatic rings. The van der Waals surface area contributed by atoms with Crippen molar-refractivity contribution >= 4 is 33.0 Å². The lowest BCUT2D eigenvalue weighted by Crippen LogP contribution is -2.41. The number of carboxylic acid groups (broad SMARTS) is 1. The molecule has 0 spiro atoms. The summed E-state index contributed by atoms with van der Waals surface area (Å²) in [7, 11) is 0. The van der Waals surface area contributed by atoms with Crippen molar-refractivity contribution in [1.29, 1.82) is 0 Å². The fourth-order valence-electron chi connectivity index (χ4n) is 4.71. The van der Waals surface area contributed by atoms with Crippen LogP contribution in [0, 0.1) is 11.8 Å². The van der Waals surface area contributed by atoms with Crippen molar-refractivity contribution in [3.63, 3.8) is 0 Å². The molecule has 0 aliphatic carbocycles. The summed E-state index contributed by atoms with van der Waals surface area (Å²) in [6, 6.07) is 8.89. The van der Waals surface area contributed by atoms with Crippen molar-refractivity contribution in [2.24, 2.45) is 11.8 Å². The molecule has 0 saturated carbocycles. The van der Waals surface area contributed by atoms with Gasteiger partial charge in [0.15, 0.2) is 0 Å². The monoisotopic (exact) mass is 569 g/mol. The van der Waals surface area contributed by atoms with Gasteiger partial charge >= 0.3 is 18.3 Å². The molecule has 1 aliphatic heterocycles. The minimum Gasteiger partial charge on any atom is -0.481 e. The Bertz CT molecular complexity index is 994. The number of piperidine rings is 1. The van der Waals surface area contributed by atoms with Crippen LogP contribution in [0.1, 0.15) is 73.9 Å². The average Bonchev–Trinajstić information content (AvgIpc) is 2.78. The minimum absolute atomic E-state index is 0. The third kappa shape index (κ3) is 8.58. The fraction of sp³-hybridized carbons (Fsp3) is 0.500. The first-order chi connectivity index (χ1) is 16.3. The SMILES string of the molecule is CC(C)CC[C@@H](c1ccc(C(F)(F)F)cc1)N1CC[C@@H](C(=O)O)C[C@H]1c1ccc(C(F)(F)F)cc1.S.S. The van der Waals surface area contributed by atoms with E-state index in [1.165, 1.54) is 24.3 Å². The first kappa shape index (κ1) is 33.2. The van der Waals surface area contributed by atoms with Crippen LogP contribution < -0.4 is 0 Å². The van der Waals surface area contributed by atoms with Crippen LogP contribution in [-0.2, 0) is 17.1 Å². The van der Waals surface area contributed by atoms with Crippen molar-refractivity contribution in [3.05, 3.63) is 70.8 Å². The molecule has 0 aromatic heterocycles. The Morgan fingerprint density at radius 1 is 0.892 bits per heavy atom. The summed E-state index contributed by atoms with van der Waals surface area (Å²) >= 11 is 0. The van der Waals surface area contributed by atoms with Crippen molar-refractivity contribution in [2.75, 3.05) is 6.54 Å². The molecule has 1 heterocycles. The van der Waals surface area contributed by atoms with Gasteiger partial charge in [-0.3, -0.25) is 9.69 Å². The number of aliphatic carboxylic acids is 1. The molecule has 2 aromatic rings. The molecule has 3 nitrogen and oxygen atoms in total. The van der Waals surface area contributed by atoms with E-state index in [9.17, 15) is 36.2 Å². The van der Waals surface area contributed by atoms with E-state index in [0.717, 1.165) is 30.7 Å². The van der Waals surface area contributed by atoms with Gasteiger partial charge in [-0.15, -0.1) is 0 Å². The summed E-state index contributed by atoms with van der Waals surface area (Å²) in [4.78, 5) is 13.8. The second-order valence-electron chi connectivity index (χ2n) is 9.54. The van der Waals surface area contributed by atoms with Gasteiger partial charge in [0.2, 0.25) is 0 Å². The number of benzene rings is 2. The summed E-state index contributed by atoms with van der Waals surface area (Å²) in [6.07, 6.45) is -6.99. The Balaban J connectivity index is 0.00000342. The van der Waals surface area contributed by atoms with Crippen molar-refractivity contribution < 1.29 is 36.2 Å². The van der Waals surface area contributed by atoms with E-state index in [-0.39, 0.29) is 39.5 Å². The Morgan fingerprint density at radius 3 is 1.81 bits per heavy atom. The molecule has 3 rings (SSSR count). The van der Waals surface area contributed by atoms with Crippen LogP contribution >= 0.6 is 27.0 Å². The van der Waals surface area contributed by atoms with Crippen LogP contribution in [0.15, 0.2) is 48.5 Å². The molecule has 1 saturated heterocycles.